The predicted molar refractivity (Wildman–Crippen MR) is 113 cm³/mol. The van der Waals surface area contributed by atoms with Crippen molar-refractivity contribution in [2.75, 3.05) is 13.7 Å². The van der Waals surface area contributed by atoms with Gasteiger partial charge in [-0.2, -0.15) is 0 Å². The van der Waals surface area contributed by atoms with Crippen molar-refractivity contribution >= 4 is 11.9 Å². The molecule has 1 heterocycles. The lowest BCUT2D eigenvalue weighted by Gasteiger charge is -2.29. The third kappa shape index (κ3) is 6.07. The summed E-state index contributed by atoms with van der Waals surface area (Å²) in [5, 5.41) is 6.84. The number of guanidine groups is 1. The highest BCUT2D eigenvalue weighted by Crippen LogP contribution is 2.25. The van der Waals surface area contributed by atoms with Crippen LogP contribution in [0.15, 0.2) is 47.7 Å². The summed E-state index contributed by atoms with van der Waals surface area (Å²) < 4.78 is 7.29. The maximum Gasteiger partial charge on any atom is 0.308 e. The summed E-state index contributed by atoms with van der Waals surface area (Å²) >= 11 is 0. The standard InChI is InChI=1S/C22H31N5O2/c1-3-29-21(28)18-9-11-19(12-10-18)26-22(23-2)25-15-20-24-13-14-27(20)16-17-7-5-4-6-8-17/h4-8,13-14,18-19H,3,9-12,15-16H2,1-2H3,(H2,23,25,26). The largest absolute Gasteiger partial charge is 0.466 e. The summed E-state index contributed by atoms with van der Waals surface area (Å²) in [5.74, 6) is 1.70. The van der Waals surface area contributed by atoms with E-state index in [4.69, 9.17) is 4.74 Å². The number of rotatable bonds is 7. The zero-order valence-electron chi connectivity index (χ0n) is 17.3. The Hall–Kier alpha value is -2.83. The number of carbonyl (C=O) groups excluding carboxylic acids is 1. The number of imidazole rings is 1. The van der Waals surface area contributed by atoms with Gasteiger partial charge in [0, 0.05) is 32.0 Å². The molecule has 7 nitrogen and oxygen atoms in total. The molecule has 0 radical (unpaired) electrons. The molecule has 156 valence electrons. The molecule has 0 amide bonds. The van der Waals surface area contributed by atoms with Crippen LogP contribution in [0, 0.1) is 5.92 Å². The fraction of sp³-hybridized carbons (Fsp3) is 0.500. The average molecular weight is 398 g/mol. The van der Waals surface area contributed by atoms with Gasteiger partial charge in [0.05, 0.1) is 19.1 Å². The Balaban J connectivity index is 1.47. The molecule has 0 unspecified atom stereocenters. The Morgan fingerprint density at radius 3 is 2.69 bits per heavy atom. The second-order valence-corrected chi connectivity index (χ2v) is 7.33. The Morgan fingerprint density at radius 1 is 1.24 bits per heavy atom. The minimum absolute atomic E-state index is 0.0356. The number of carbonyl (C=O) groups is 1. The SMILES string of the molecule is CCOC(=O)C1CCC(NC(=NC)NCc2nccn2Cc2ccccc2)CC1. The van der Waals surface area contributed by atoms with Crippen LogP contribution in [0.5, 0.6) is 0 Å². The lowest BCUT2D eigenvalue weighted by Crippen LogP contribution is -2.45. The quantitative estimate of drug-likeness (QED) is 0.427. The number of nitrogens with one attached hydrogen (secondary N) is 2. The molecule has 1 saturated carbocycles. The lowest BCUT2D eigenvalue weighted by molar-refractivity contribution is -0.149. The number of nitrogens with zero attached hydrogens (tertiary/aromatic N) is 3. The van der Waals surface area contributed by atoms with Crippen molar-refractivity contribution in [2.24, 2.45) is 10.9 Å². The molecule has 0 saturated heterocycles. The highest BCUT2D eigenvalue weighted by Gasteiger charge is 2.27. The average Bonchev–Trinajstić information content (AvgIpc) is 3.19. The van der Waals surface area contributed by atoms with Crippen LogP contribution < -0.4 is 10.6 Å². The van der Waals surface area contributed by atoms with Gasteiger partial charge in [-0.25, -0.2) is 4.98 Å². The molecule has 1 aromatic carbocycles. The third-order valence-corrected chi connectivity index (χ3v) is 5.32. The normalized spacial score (nSPS) is 19.6. The van der Waals surface area contributed by atoms with Crippen molar-refractivity contribution < 1.29 is 9.53 Å². The van der Waals surface area contributed by atoms with Crippen molar-refractivity contribution in [1.29, 1.82) is 0 Å². The van der Waals surface area contributed by atoms with Crippen LogP contribution in [0.25, 0.3) is 0 Å². The Labute approximate surface area is 172 Å². The molecule has 1 aliphatic rings. The minimum Gasteiger partial charge on any atom is -0.466 e. The van der Waals surface area contributed by atoms with Gasteiger partial charge in [-0.1, -0.05) is 30.3 Å². The maximum absolute atomic E-state index is 11.9. The summed E-state index contributed by atoms with van der Waals surface area (Å²) in [6.45, 7) is 3.69. The van der Waals surface area contributed by atoms with Crippen molar-refractivity contribution in [3.8, 4) is 0 Å². The molecule has 2 N–H and O–H groups in total. The van der Waals surface area contributed by atoms with Gasteiger partial charge in [0.1, 0.15) is 5.82 Å². The first-order valence-electron chi connectivity index (χ1n) is 10.4. The van der Waals surface area contributed by atoms with Gasteiger partial charge in [0.2, 0.25) is 0 Å². The van der Waals surface area contributed by atoms with Crippen LogP contribution in [0.2, 0.25) is 0 Å². The van der Waals surface area contributed by atoms with Crippen molar-refractivity contribution in [1.82, 2.24) is 20.2 Å². The number of esters is 1. The highest BCUT2D eigenvalue weighted by molar-refractivity contribution is 5.80. The van der Waals surface area contributed by atoms with E-state index in [1.165, 1.54) is 5.56 Å². The first-order valence-corrected chi connectivity index (χ1v) is 10.4. The molecule has 1 fully saturated rings. The first kappa shape index (κ1) is 20.9. The molecule has 7 heteroatoms. The van der Waals surface area contributed by atoms with E-state index in [0.717, 1.165) is 44.0 Å². The summed E-state index contributed by atoms with van der Waals surface area (Å²) in [7, 11) is 1.77. The molecule has 0 atom stereocenters. The van der Waals surface area contributed by atoms with Gasteiger partial charge in [-0.15, -0.1) is 0 Å². The van der Waals surface area contributed by atoms with Crippen molar-refractivity contribution in [2.45, 2.75) is 51.7 Å². The first-order chi connectivity index (χ1) is 14.2. The Bertz CT molecular complexity index is 795. The van der Waals surface area contributed by atoms with Crippen LogP contribution in [0.4, 0.5) is 0 Å². The maximum atomic E-state index is 11.9. The van der Waals surface area contributed by atoms with E-state index in [1.807, 2.05) is 37.5 Å². The zero-order valence-corrected chi connectivity index (χ0v) is 17.3. The van der Waals surface area contributed by atoms with Gasteiger partial charge < -0.3 is 19.9 Å². The van der Waals surface area contributed by atoms with E-state index in [-0.39, 0.29) is 11.9 Å². The molecule has 0 spiro atoms. The minimum atomic E-state index is -0.0568. The number of hydrogen-bond acceptors (Lipinski definition) is 4. The molecule has 29 heavy (non-hydrogen) atoms. The van der Waals surface area contributed by atoms with E-state index >= 15 is 0 Å². The number of ether oxygens (including phenoxy) is 1. The third-order valence-electron chi connectivity index (χ3n) is 5.32. The monoisotopic (exact) mass is 397 g/mol. The molecule has 1 aromatic heterocycles. The number of hydrogen-bond donors (Lipinski definition) is 2. The van der Waals surface area contributed by atoms with E-state index in [9.17, 15) is 4.79 Å². The summed E-state index contributed by atoms with van der Waals surface area (Å²) in [6.07, 6.45) is 7.41. The molecule has 0 bridgehead atoms. The van der Waals surface area contributed by atoms with Crippen LogP contribution in [0.3, 0.4) is 0 Å². The fourth-order valence-corrected chi connectivity index (χ4v) is 3.72. The van der Waals surface area contributed by atoms with Gasteiger partial charge in [-0.3, -0.25) is 9.79 Å². The second kappa shape index (κ2) is 10.6. The van der Waals surface area contributed by atoms with Crippen molar-refractivity contribution in [3.63, 3.8) is 0 Å². The van der Waals surface area contributed by atoms with Crippen LogP contribution >= 0.6 is 0 Å². The predicted octanol–water partition coefficient (Wildman–Crippen LogP) is 2.72. The topological polar surface area (TPSA) is 80.5 Å². The number of aromatic nitrogens is 2. The zero-order chi connectivity index (χ0) is 20.5. The molecule has 2 aromatic rings. The van der Waals surface area contributed by atoms with Gasteiger partial charge in [0.25, 0.3) is 0 Å². The Morgan fingerprint density at radius 2 is 2.00 bits per heavy atom. The summed E-state index contributed by atoms with van der Waals surface area (Å²) in [6, 6.07) is 10.7. The highest BCUT2D eigenvalue weighted by atomic mass is 16.5. The molecular weight excluding hydrogens is 366 g/mol. The van der Waals surface area contributed by atoms with Crippen molar-refractivity contribution in [3.05, 3.63) is 54.1 Å². The van der Waals surface area contributed by atoms with E-state index < -0.39 is 0 Å². The van der Waals surface area contributed by atoms with Gasteiger partial charge in [0.15, 0.2) is 5.96 Å². The van der Waals surface area contributed by atoms with Crippen LogP contribution in [-0.2, 0) is 22.6 Å². The number of aliphatic imine (C=N–C) groups is 1. The molecular formula is C22H31N5O2. The van der Waals surface area contributed by atoms with E-state index in [1.54, 1.807) is 7.05 Å². The van der Waals surface area contributed by atoms with E-state index in [0.29, 0.717) is 19.2 Å². The Kier molecular flexibility index (Phi) is 7.67. The molecule has 3 rings (SSSR count). The second-order valence-electron chi connectivity index (χ2n) is 7.33. The van der Waals surface area contributed by atoms with E-state index in [2.05, 4.69) is 37.3 Å². The van der Waals surface area contributed by atoms with Gasteiger partial charge in [-0.05, 0) is 38.2 Å². The van der Waals surface area contributed by atoms with Crippen LogP contribution in [-0.4, -0.2) is 41.2 Å². The fourth-order valence-electron chi connectivity index (χ4n) is 3.72. The molecule has 0 aliphatic heterocycles. The molecule has 1 aliphatic carbocycles. The van der Waals surface area contributed by atoms with Gasteiger partial charge >= 0.3 is 5.97 Å². The summed E-state index contributed by atoms with van der Waals surface area (Å²) in [5.41, 5.74) is 1.24. The lowest BCUT2D eigenvalue weighted by atomic mass is 9.86. The van der Waals surface area contributed by atoms with Crippen LogP contribution in [0.1, 0.15) is 44.0 Å². The smallest absolute Gasteiger partial charge is 0.308 e. The number of benzene rings is 1. The summed E-state index contributed by atoms with van der Waals surface area (Å²) in [4.78, 5) is 20.7.